The first-order chi connectivity index (χ1) is 15.0. The Morgan fingerprint density at radius 1 is 0.968 bits per heavy atom. The average molecular weight is 423 g/mol. The Hall–Kier alpha value is -3.55. The van der Waals surface area contributed by atoms with E-state index in [9.17, 15) is 14.4 Å². The highest BCUT2D eigenvalue weighted by molar-refractivity contribution is 5.99. The van der Waals surface area contributed by atoms with Crippen molar-refractivity contribution in [3.05, 3.63) is 59.7 Å². The molecule has 2 heterocycles. The molecule has 0 bridgehead atoms. The summed E-state index contributed by atoms with van der Waals surface area (Å²) in [5, 5.41) is 2.84. The van der Waals surface area contributed by atoms with E-state index >= 15 is 0 Å². The Balaban J connectivity index is 1.42. The molecule has 2 saturated heterocycles. The van der Waals surface area contributed by atoms with Gasteiger partial charge in [0.15, 0.2) is 0 Å². The molecule has 2 aromatic rings. The molecule has 0 saturated carbocycles. The van der Waals surface area contributed by atoms with Crippen LogP contribution in [0.25, 0.3) is 0 Å². The van der Waals surface area contributed by atoms with Gasteiger partial charge in [-0.2, -0.15) is 0 Å². The fraction of sp³-hybridized carbons (Fsp3) is 0.348. The zero-order valence-electron chi connectivity index (χ0n) is 17.5. The van der Waals surface area contributed by atoms with Gasteiger partial charge in [-0.1, -0.05) is 12.1 Å². The van der Waals surface area contributed by atoms with Crippen molar-refractivity contribution >= 4 is 17.7 Å². The second-order valence-electron chi connectivity index (χ2n) is 7.64. The lowest BCUT2D eigenvalue weighted by Gasteiger charge is -2.45. The van der Waals surface area contributed by atoms with E-state index in [4.69, 9.17) is 9.47 Å². The lowest BCUT2D eigenvalue weighted by atomic mass is 9.98. The number of fused-ring (bicyclic) bond motifs is 1. The van der Waals surface area contributed by atoms with Crippen LogP contribution in [0.5, 0.6) is 11.5 Å². The average Bonchev–Trinajstić information content (AvgIpc) is 2.82. The van der Waals surface area contributed by atoms with Crippen molar-refractivity contribution in [2.24, 2.45) is 0 Å². The normalized spacial score (nSPS) is 20.7. The van der Waals surface area contributed by atoms with Gasteiger partial charge >= 0.3 is 0 Å². The first-order valence-corrected chi connectivity index (χ1v) is 10.2. The largest absolute Gasteiger partial charge is 0.497 e. The minimum absolute atomic E-state index is 0.114. The lowest BCUT2D eigenvalue weighted by molar-refractivity contribution is -0.152. The number of benzene rings is 2. The van der Waals surface area contributed by atoms with Crippen molar-refractivity contribution in [2.75, 3.05) is 33.9 Å². The molecule has 8 heteroatoms. The van der Waals surface area contributed by atoms with E-state index in [0.29, 0.717) is 30.8 Å². The maximum Gasteiger partial charge on any atom is 0.254 e. The molecule has 162 valence electrons. The number of piperazine rings is 2. The van der Waals surface area contributed by atoms with Crippen LogP contribution in [0, 0.1) is 0 Å². The van der Waals surface area contributed by atoms with Gasteiger partial charge in [0.05, 0.1) is 20.8 Å². The van der Waals surface area contributed by atoms with E-state index in [1.807, 2.05) is 24.3 Å². The van der Waals surface area contributed by atoms with Crippen LogP contribution in [0.4, 0.5) is 0 Å². The molecule has 2 fully saturated rings. The van der Waals surface area contributed by atoms with Gasteiger partial charge in [-0.15, -0.1) is 0 Å². The number of methoxy groups -OCH3 is 2. The number of carbonyl (C=O) groups excluding carboxylic acids is 3. The molecular formula is C23H25N3O5. The molecule has 4 rings (SSSR count). The molecule has 0 aliphatic carbocycles. The SMILES string of the molecule is COc1ccc(C[C@H]2NC(=O)[C@@H]3CN(C(=O)c4ccc(OC)cc4)CCN3C2=O)cc1. The zero-order valence-corrected chi connectivity index (χ0v) is 17.5. The van der Waals surface area contributed by atoms with E-state index in [1.54, 1.807) is 48.3 Å². The Labute approximate surface area is 180 Å². The molecule has 2 aliphatic rings. The summed E-state index contributed by atoms with van der Waals surface area (Å²) < 4.78 is 10.3. The van der Waals surface area contributed by atoms with E-state index in [1.165, 1.54) is 0 Å². The Kier molecular flexibility index (Phi) is 5.79. The maximum atomic E-state index is 13.0. The minimum Gasteiger partial charge on any atom is -0.497 e. The number of amides is 3. The number of rotatable bonds is 5. The summed E-state index contributed by atoms with van der Waals surface area (Å²) in [6.45, 7) is 0.894. The highest BCUT2D eigenvalue weighted by atomic mass is 16.5. The van der Waals surface area contributed by atoms with Crippen LogP contribution in [-0.2, 0) is 16.0 Å². The minimum atomic E-state index is -0.671. The Bertz CT molecular complexity index is 974. The Morgan fingerprint density at radius 3 is 2.19 bits per heavy atom. The topological polar surface area (TPSA) is 88.2 Å². The van der Waals surface area contributed by atoms with Gasteiger partial charge in [-0.3, -0.25) is 14.4 Å². The fourth-order valence-electron chi connectivity index (χ4n) is 4.04. The summed E-state index contributed by atoms with van der Waals surface area (Å²) >= 11 is 0. The van der Waals surface area contributed by atoms with Crippen LogP contribution in [0.1, 0.15) is 15.9 Å². The van der Waals surface area contributed by atoms with Gasteiger partial charge in [0.1, 0.15) is 23.6 Å². The molecular weight excluding hydrogens is 398 g/mol. The quantitative estimate of drug-likeness (QED) is 0.778. The summed E-state index contributed by atoms with van der Waals surface area (Å²) in [5.74, 6) is 0.896. The molecule has 1 N–H and O–H groups in total. The summed E-state index contributed by atoms with van der Waals surface area (Å²) in [6, 6.07) is 13.0. The molecule has 0 unspecified atom stereocenters. The number of hydrogen-bond acceptors (Lipinski definition) is 5. The predicted molar refractivity (Wildman–Crippen MR) is 113 cm³/mol. The Morgan fingerprint density at radius 2 is 1.58 bits per heavy atom. The smallest absolute Gasteiger partial charge is 0.254 e. The van der Waals surface area contributed by atoms with Crippen molar-refractivity contribution in [2.45, 2.75) is 18.5 Å². The molecule has 2 aliphatic heterocycles. The molecule has 0 radical (unpaired) electrons. The van der Waals surface area contributed by atoms with Crippen molar-refractivity contribution in [1.29, 1.82) is 0 Å². The third kappa shape index (κ3) is 4.19. The highest BCUT2D eigenvalue weighted by Gasteiger charge is 2.44. The molecule has 0 spiro atoms. The molecule has 2 atom stereocenters. The van der Waals surface area contributed by atoms with Gasteiger partial charge in [-0.05, 0) is 42.0 Å². The number of hydrogen-bond donors (Lipinski definition) is 1. The van der Waals surface area contributed by atoms with Gasteiger partial charge in [0.2, 0.25) is 11.8 Å². The maximum absolute atomic E-state index is 13.0. The fourth-order valence-corrected chi connectivity index (χ4v) is 4.04. The summed E-state index contributed by atoms with van der Waals surface area (Å²) in [6.07, 6.45) is 0.409. The van der Waals surface area contributed by atoms with Crippen molar-refractivity contribution < 1.29 is 23.9 Å². The van der Waals surface area contributed by atoms with Crippen LogP contribution < -0.4 is 14.8 Å². The van der Waals surface area contributed by atoms with E-state index < -0.39 is 12.1 Å². The number of nitrogens with one attached hydrogen (secondary N) is 1. The zero-order chi connectivity index (χ0) is 22.0. The van der Waals surface area contributed by atoms with E-state index in [0.717, 1.165) is 11.3 Å². The van der Waals surface area contributed by atoms with E-state index in [2.05, 4.69) is 5.32 Å². The van der Waals surface area contributed by atoms with Crippen LogP contribution >= 0.6 is 0 Å². The molecule has 8 nitrogen and oxygen atoms in total. The predicted octanol–water partition coefficient (Wildman–Crippen LogP) is 1.10. The van der Waals surface area contributed by atoms with Gasteiger partial charge in [0, 0.05) is 25.1 Å². The lowest BCUT2D eigenvalue weighted by Crippen LogP contribution is -2.70. The van der Waals surface area contributed by atoms with Crippen LogP contribution in [0.2, 0.25) is 0 Å². The standard InChI is InChI=1S/C23H25N3O5/c1-30-17-7-3-15(4-8-17)13-19-23(29)26-12-11-25(14-20(26)21(27)24-19)22(28)16-5-9-18(31-2)10-6-16/h3-10,19-20H,11-14H2,1-2H3,(H,24,27)/t19-,20+/m1/s1. The molecule has 31 heavy (non-hydrogen) atoms. The highest BCUT2D eigenvalue weighted by Crippen LogP contribution is 2.21. The summed E-state index contributed by atoms with van der Waals surface area (Å²) in [4.78, 5) is 41.9. The number of ether oxygens (including phenoxy) is 2. The third-order valence-corrected chi connectivity index (χ3v) is 5.80. The molecule has 0 aromatic heterocycles. The second kappa shape index (κ2) is 8.67. The summed E-state index contributed by atoms with van der Waals surface area (Å²) in [5.41, 5.74) is 1.46. The van der Waals surface area contributed by atoms with Crippen LogP contribution in [0.15, 0.2) is 48.5 Å². The monoisotopic (exact) mass is 423 g/mol. The van der Waals surface area contributed by atoms with Crippen molar-refractivity contribution in [3.63, 3.8) is 0 Å². The summed E-state index contributed by atoms with van der Waals surface area (Å²) in [7, 11) is 3.16. The van der Waals surface area contributed by atoms with Gasteiger partial charge < -0.3 is 24.6 Å². The first kappa shape index (κ1) is 20.7. The molecule has 3 amide bonds. The van der Waals surface area contributed by atoms with E-state index in [-0.39, 0.29) is 24.3 Å². The van der Waals surface area contributed by atoms with Gasteiger partial charge in [-0.25, -0.2) is 0 Å². The van der Waals surface area contributed by atoms with Gasteiger partial charge in [0.25, 0.3) is 5.91 Å². The van der Waals surface area contributed by atoms with Crippen molar-refractivity contribution in [1.82, 2.24) is 15.1 Å². The van der Waals surface area contributed by atoms with Crippen molar-refractivity contribution in [3.8, 4) is 11.5 Å². The first-order valence-electron chi connectivity index (χ1n) is 10.2. The van der Waals surface area contributed by atoms with Crippen LogP contribution in [-0.4, -0.2) is 73.5 Å². The second-order valence-corrected chi connectivity index (χ2v) is 7.64. The molecule has 2 aromatic carbocycles. The van der Waals surface area contributed by atoms with Crippen LogP contribution in [0.3, 0.4) is 0 Å². The number of nitrogens with zero attached hydrogens (tertiary/aromatic N) is 2. The number of carbonyl (C=O) groups is 3. The third-order valence-electron chi connectivity index (χ3n) is 5.80.